The molecule has 4 nitrogen and oxygen atoms in total. The number of aliphatic carboxylic acids is 1. The maximum atomic E-state index is 11.4. The fourth-order valence-corrected chi connectivity index (χ4v) is 3.11. The van der Waals surface area contributed by atoms with Gasteiger partial charge in [-0.15, -0.1) is 11.3 Å². The van der Waals surface area contributed by atoms with Gasteiger partial charge in [0.2, 0.25) is 0 Å². The summed E-state index contributed by atoms with van der Waals surface area (Å²) in [7, 11) is 0. The first kappa shape index (κ1) is 14.6. The molecule has 0 bridgehead atoms. The molecule has 6 heteroatoms. The molecule has 2 aromatic rings. The SMILES string of the molecule is O=C(O)c1ccccc1CC(C(=O)O)c1ccc(Cl)s1. The molecule has 0 amide bonds. The number of carboxylic acids is 2. The van der Waals surface area contributed by atoms with Gasteiger partial charge in [-0.05, 0) is 30.2 Å². The predicted octanol–water partition coefficient (Wildman–Crippen LogP) is 3.51. The van der Waals surface area contributed by atoms with Crippen LogP contribution in [-0.4, -0.2) is 22.2 Å². The Bertz CT molecular complexity index is 650. The Morgan fingerprint density at radius 1 is 1.15 bits per heavy atom. The Labute approximate surface area is 124 Å². The minimum Gasteiger partial charge on any atom is -0.481 e. The minimum absolute atomic E-state index is 0.120. The first-order chi connectivity index (χ1) is 9.49. The van der Waals surface area contributed by atoms with Crippen LogP contribution in [-0.2, 0) is 11.2 Å². The number of halogens is 1. The number of thiophene rings is 1. The molecule has 1 aromatic carbocycles. The molecule has 1 heterocycles. The van der Waals surface area contributed by atoms with Gasteiger partial charge in [0, 0.05) is 4.88 Å². The van der Waals surface area contributed by atoms with E-state index >= 15 is 0 Å². The smallest absolute Gasteiger partial charge is 0.335 e. The first-order valence-electron chi connectivity index (χ1n) is 5.78. The predicted molar refractivity (Wildman–Crippen MR) is 76.8 cm³/mol. The van der Waals surface area contributed by atoms with Gasteiger partial charge in [-0.2, -0.15) is 0 Å². The molecule has 2 rings (SSSR count). The number of carboxylic acid groups (broad SMARTS) is 2. The van der Waals surface area contributed by atoms with Gasteiger partial charge in [0.1, 0.15) is 0 Å². The monoisotopic (exact) mass is 310 g/mol. The van der Waals surface area contributed by atoms with E-state index in [2.05, 4.69) is 0 Å². The van der Waals surface area contributed by atoms with Crippen LogP contribution < -0.4 is 0 Å². The lowest BCUT2D eigenvalue weighted by atomic mass is 9.94. The highest BCUT2D eigenvalue weighted by Gasteiger charge is 2.24. The van der Waals surface area contributed by atoms with E-state index in [1.807, 2.05) is 0 Å². The number of hydrogen-bond donors (Lipinski definition) is 2. The van der Waals surface area contributed by atoms with Crippen LogP contribution in [0.2, 0.25) is 4.34 Å². The van der Waals surface area contributed by atoms with Crippen LogP contribution in [0.3, 0.4) is 0 Å². The minimum atomic E-state index is -1.06. The molecular weight excluding hydrogens is 300 g/mol. The summed E-state index contributed by atoms with van der Waals surface area (Å²) < 4.78 is 0.512. The number of aromatic carboxylic acids is 1. The highest BCUT2D eigenvalue weighted by atomic mass is 35.5. The highest BCUT2D eigenvalue weighted by Crippen LogP contribution is 2.31. The van der Waals surface area contributed by atoms with Gasteiger partial charge in [0.05, 0.1) is 15.8 Å². The topological polar surface area (TPSA) is 74.6 Å². The lowest BCUT2D eigenvalue weighted by molar-refractivity contribution is -0.138. The Morgan fingerprint density at radius 3 is 2.40 bits per heavy atom. The summed E-state index contributed by atoms with van der Waals surface area (Å²) in [6.45, 7) is 0. The molecule has 0 aliphatic heterocycles. The number of rotatable bonds is 5. The largest absolute Gasteiger partial charge is 0.481 e. The molecule has 0 aliphatic rings. The molecule has 1 unspecified atom stereocenters. The van der Waals surface area contributed by atoms with Crippen molar-refractivity contribution < 1.29 is 19.8 Å². The van der Waals surface area contributed by atoms with Crippen LogP contribution in [0.4, 0.5) is 0 Å². The maximum absolute atomic E-state index is 11.4. The van der Waals surface area contributed by atoms with Crippen LogP contribution >= 0.6 is 22.9 Å². The van der Waals surface area contributed by atoms with Crippen LogP contribution in [0, 0.1) is 0 Å². The van der Waals surface area contributed by atoms with Gasteiger partial charge >= 0.3 is 11.9 Å². The van der Waals surface area contributed by atoms with Crippen molar-refractivity contribution in [3.8, 4) is 0 Å². The summed E-state index contributed by atoms with van der Waals surface area (Å²) in [5, 5.41) is 18.5. The zero-order valence-corrected chi connectivity index (χ0v) is 11.8. The van der Waals surface area contributed by atoms with Crippen LogP contribution in [0.1, 0.15) is 26.7 Å². The number of hydrogen-bond acceptors (Lipinski definition) is 3. The van der Waals surface area contributed by atoms with Gasteiger partial charge in [-0.3, -0.25) is 4.79 Å². The van der Waals surface area contributed by atoms with Crippen LogP contribution in [0.25, 0.3) is 0 Å². The third kappa shape index (κ3) is 3.18. The van der Waals surface area contributed by atoms with Gasteiger partial charge in [0.25, 0.3) is 0 Å². The summed E-state index contributed by atoms with van der Waals surface area (Å²) in [6.07, 6.45) is 0.120. The summed E-state index contributed by atoms with van der Waals surface area (Å²) >= 11 is 7.02. The standard InChI is InChI=1S/C14H11ClO4S/c15-12-6-5-11(20-12)10(14(18)19)7-8-3-1-2-4-9(8)13(16)17/h1-6,10H,7H2,(H,16,17)(H,18,19). The fourth-order valence-electron chi connectivity index (χ4n) is 1.95. The Balaban J connectivity index is 2.34. The number of benzene rings is 1. The Hall–Kier alpha value is -1.85. The maximum Gasteiger partial charge on any atom is 0.335 e. The second-order valence-electron chi connectivity index (χ2n) is 4.20. The van der Waals surface area contributed by atoms with E-state index < -0.39 is 17.9 Å². The molecular formula is C14H11ClO4S. The molecule has 0 aliphatic carbocycles. The molecule has 0 fully saturated rings. The average Bonchev–Trinajstić information content (AvgIpc) is 2.82. The van der Waals surface area contributed by atoms with Crippen LogP contribution in [0.15, 0.2) is 36.4 Å². The van der Waals surface area contributed by atoms with E-state index in [1.54, 1.807) is 30.3 Å². The summed E-state index contributed by atoms with van der Waals surface area (Å²) in [5.41, 5.74) is 0.623. The molecule has 1 aromatic heterocycles. The molecule has 20 heavy (non-hydrogen) atoms. The first-order valence-corrected chi connectivity index (χ1v) is 6.97. The van der Waals surface area contributed by atoms with E-state index in [9.17, 15) is 14.7 Å². The van der Waals surface area contributed by atoms with Crippen LogP contribution in [0.5, 0.6) is 0 Å². The molecule has 0 saturated carbocycles. The molecule has 0 spiro atoms. The van der Waals surface area contributed by atoms with Gasteiger partial charge < -0.3 is 10.2 Å². The van der Waals surface area contributed by atoms with Crippen molar-refractivity contribution in [2.24, 2.45) is 0 Å². The molecule has 0 radical (unpaired) electrons. The zero-order chi connectivity index (χ0) is 14.7. The van der Waals surface area contributed by atoms with E-state index in [0.29, 0.717) is 14.8 Å². The quantitative estimate of drug-likeness (QED) is 0.886. The third-order valence-electron chi connectivity index (χ3n) is 2.91. The molecule has 0 saturated heterocycles. The van der Waals surface area contributed by atoms with E-state index in [0.717, 1.165) is 0 Å². The van der Waals surface area contributed by atoms with Gasteiger partial charge in [-0.25, -0.2) is 4.79 Å². The lowest BCUT2D eigenvalue weighted by Gasteiger charge is -2.12. The lowest BCUT2D eigenvalue weighted by Crippen LogP contribution is -2.15. The van der Waals surface area contributed by atoms with Crippen molar-refractivity contribution in [3.05, 3.63) is 56.7 Å². The molecule has 104 valence electrons. The van der Waals surface area contributed by atoms with Crippen molar-refractivity contribution >= 4 is 34.9 Å². The zero-order valence-electron chi connectivity index (χ0n) is 10.2. The van der Waals surface area contributed by atoms with Crippen molar-refractivity contribution in [1.29, 1.82) is 0 Å². The van der Waals surface area contributed by atoms with Gasteiger partial charge in [0.15, 0.2) is 0 Å². The number of carbonyl (C=O) groups is 2. The van der Waals surface area contributed by atoms with E-state index in [1.165, 1.54) is 17.4 Å². The van der Waals surface area contributed by atoms with Crippen molar-refractivity contribution in [2.75, 3.05) is 0 Å². The van der Waals surface area contributed by atoms with Crippen molar-refractivity contribution in [3.63, 3.8) is 0 Å². The van der Waals surface area contributed by atoms with Crippen molar-refractivity contribution in [1.82, 2.24) is 0 Å². The Morgan fingerprint density at radius 2 is 1.85 bits per heavy atom. The molecule has 2 N–H and O–H groups in total. The fraction of sp³-hybridized carbons (Fsp3) is 0.143. The average molecular weight is 311 g/mol. The van der Waals surface area contributed by atoms with E-state index in [4.69, 9.17) is 16.7 Å². The highest BCUT2D eigenvalue weighted by molar-refractivity contribution is 7.16. The van der Waals surface area contributed by atoms with Crippen molar-refractivity contribution in [2.45, 2.75) is 12.3 Å². The second kappa shape index (κ2) is 6.07. The summed E-state index contributed by atoms with van der Waals surface area (Å²) in [6, 6.07) is 9.72. The summed E-state index contributed by atoms with van der Waals surface area (Å²) in [5.74, 6) is -2.86. The van der Waals surface area contributed by atoms with E-state index in [-0.39, 0.29) is 12.0 Å². The normalized spacial score (nSPS) is 12.1. The van der Waals surface area contributed by atoms with Gasteiger partial charge in [-0.1, -0.05) is 29.8 Å². The second-order valence-corrected chi connectivity index (χ2v) is 5.95. The summed E-state index contributed by atoms with van der Waals surface area (Å²) in [4.78, 5) is 23.2. The molecule has 1 atom stereocenters. The third-order valence-corrected chi connectivity index (χ3v) is 4.25. The Kier molecular flexibility index (Phi) is 4.42.